The maximum absolute atomic E-state index is 12.8. The molecule has 0 spiro atoms. The van der Waals surface area contributed by atoms with Crippen LogP contribution in [0.3, 0.4) is 0 Å². The highest BCUT2D eigenvalue weighted by Crippen LogP contribution is 2.33. The Morgan fingerprint density at radius 3 is 2.91 bits per heavy atom. The number of aliphatic carboxylic acids is 1. The molecular weight excluding hydrogens is 296 g/mol. The molecule has 2 N–H and O–H groups in total. The van der Waals surface area contributed by atoms with E-state index in [-0.39, 0.29) is 17.0 Å². The standard InChI is InChI=1S/C16H14N4O3/c1-8-6-12(16(22)23)20-14(8)17-7-9(15(20)21)13-18-10-4-2-3-5-11(10)19-13/h2-5,7-8,12H,6H2,1H3,(H,18,19)(H,22,23)/t8-,12+/m1/s1. The van der Waals surface area contributed by atoms with Gasteiger partial charge in [-0.3, -0.25) is 9.36 Å². The molecule has 1 aliphatic rings. The molecule has 0 bridgehead atoms. The third-order valence-electron chi connectivity index (χ3n) is 4.28. The Kier molecular flexibility index (Phi) is 2.84. The topological polar surface area (TPSA) is 101 Å². The monoisotopic (exact) mass is 310 g/mol. The van der Waals surface area contributed by atoms with Gasteiger partial charge >= 0.3 is 5.97 Å². The first-order chi connectivity index (χ1) is 11.1. The summed E-state index contributed by atoms with van der Waals surface area (Å²) in [5.74, 6) is -0.153. The largest absolute Gasteiger partial charge is 0.480 e. The fourth-order valence-electron chi connectivity index (χ4n) is 3.15. The van der Waals surface area contributed by atoms with Crippen molar-refractivity contribution in [3.8, 4) is 11.4 Å². The molecule has 0 saturated carbocycles. The minimum absolute atomic E-state index is 0.0616. The van der Waals surface area contributed by atoms with Gasteiger partial charge in [0, 0.05) is 12.1 Å². The van der Waals surface area contributed by atoms with Crippen LogP contribution in [-0.2, 0) is 4.79 Å². The third kappa shape index (κ3) is 1.97. The number of aromatic nitrogens is 4. The maximum atomic E-state index is 12.8. The molecule has 0 unspecified atom stereocenters. The molecule has 116 valence electrons. The molecule has 2 aromatic heterocycles. The van der Waals surface area contributed by atoms with E-state index in [4.69, 9.17) is 0 Å². The summed E-state index contributed by atoms with van der Waals surface area (Å²) >= 11 is 0. The molecule has 1 aliphatic heterocycles. The predicted octanol–water partition coefficient (Wildman–Crippen LogP) is 1.92. The Morgan fingerprint density at radius 2 is 2.17 bits per heavy atom. The number of rotatable bonds is 2. The van der Waals surface area contributed by atoms with Gasteiger partial charge in [0.15, 0.2) is 0 Å². The van der Waals surface area contributed by atoms with Crippen molar-refractivity contribution in [1.29, 1.82) is 0 Å². The number of hydrogen-bond acceptors (Lipinski definition) is 4. The van der Waals surface area contributed by atoms with Gasteiger partial charge in [-0.15, -0.1) is 0 Å². The molecule has 0 amide bonds. The average molecular weight is 310 g/mol. The average Bonchev–Trinajstić information content (AvgIpc) is 3.09. The normalized spacial score (nSPS) is 19.9. The van der Waals surface area contributed by atoms with E-state index in [2.05, 4.69) is 15.0 Å². The molecule has 0 aliphatic carbocycles. The first-order valence-corrected chi connectivity index (χ1v) is 7.35. The minimum Gasteiger partial charge on any atom is -0.480 e. The number of nitrogens with zero attached hydrogens (tertiary/aromatic N) is 3. The molecule has 7 heteroatoms. The zero-order chi connectivity index (χ0) is 16.1. The minimum atomic E-state index is -1.01. The molecule has 0 radical (unpaired) electrons. The molecule has 0 fully saturated rings. The molecule has 3 heterocycles. The van der Waals surface area contributed by atoms with Crippen LogP contribution in [0.15, 0.2) is 35.3 Å². The number of H-pyrrole nitrogens is 1. The molecule has 3 aromatic rings. The lowest BCUT2D eigenvalue weighted by Gasteiger charge is -2.10. The Balaban J connectivity index is 1.93. The first kappa shape index (κ1) is 13.7. The fraction of sp³-hybridized carbons (Fsp3) is 0.250. The smallest absolute Gasteiger partial charge is 0.326 e. The van der Waals surface area contributed by atoms with E-state index < -0.39 is 12.0 Å². The summed E-state index contributed by atoms with van der Waals surface area (Å²) in [6.45, 7) is 1.88. The van der Waals surface area contributed by atoms with E-state index in [0.717, 1.165) is 11.0 Å². The molecule has 0 saturated heterocycles. The Hall–Kier alpha value is -2.96. The number of para-hydroxylation sites is 2. The van der Waals surface area contributed by atoms with Crippen LogP contribution in [-0.4, -0.2) is 30.6 Å². The van der Waals surface area contributed by atoms with Gasteiger partial charge in [0.1, 0.15) is 23.3 Å². The number of aromatic amines is 1. The summed E-state index contributed by atoms with van der Waals surface area (Å²) in [7, 11) is 0. The number of nitrogens with one attached hydrogen (secondary N) is 1. The zero-order valence-electron chi connectivity index (χ0n) is 12.4. The summed E-state index contributed by atoms with van der Waals surface area (Å²) in [6.07, 6.45) is 1.85. The number of fused-ring (bicyclic) bond motifs is 2. The van der Waals surface area contributed by atoms with Crippen molar-refractivity contribution >= 4 is 17.0 Å². The second-order valence-corrected chi connectivity index (χ2v) is 5.80. The van der Waals surface area contributed by atoms with Gasteiger partial charge < -0.3 is 10.1 Å². The fourth-order valence-corrected chi connectivity index (χ4v) is 3.15. The van der Waals surface area contributed by atoms with Gasteiger partial charge in [-0.2, -0.15) is 0 Å². The van der Waals surface area contributed by atoms with Crippen molar-refractivity contribution in [1.82, 2.24) is 19.5 Å². The highest BCUT2D eigenvalue weighted by molar-refractivity contribution is 5.79. The second-order valence-electron chi connectivity index (χ2n) is 5.80. The second kappa shape index (κ2) is 4.77. The quantitative estimate of drug-likeness (QED) is 0.753. The van der Waals surface area contributed by atoms with Crippen molar-refractivity contribution in [2.24, 2.45) is 0 Å². The molecular formula is C16H14N4O3. The first-order valence-electron chi connectivity index (χ1n) is 7.35. The molecule has 4 rings (SSSR count). The highest BCUT2D eigenvalue weighted by Gasteiger charge is 2.35. The van der Waals surface area contributed by atoms with E-state index in [9.17, 15) is 14.7 Å². The Bertz CT molecular complexity index is 955. The summed E-state index contributed by atoms with van der Waals surface area (Å²) < 4.78 is 1.29. The summed E-state index contributed by atoms with van der Waals surface area (Å²) in [5.41, 5.74) is 1.47. The predicted molar refractivity (Wildman–Crippen MR) is 83.3 cm³/mol. The van der Waals surface area contributed by atoms with Crippen LogP contribution in [0, 0.1) is 0 Å². The van der Waals surface area contributed by atoms with Gasteiger partial charge in [0.05, 0.1) is 11.0 Å². The van der Waals surface area contributed by atoms with E-state index >= 15 is 0 Å². The molecule has 1 aromatic carbocycles. The van der Waals surface area contributed by atoms with Crippen LogP contribution in [0.4, 0.5) is 0 Å². The lowest BCUT2D eigenvalue weighted by Crippen LogP contribution is -2.29. The van der Waals surface area contributed by atoms with Crippen LogP contribution in [0.5, 0.6) is 0 Å². The summed E-state index contributed by atoms with van der Waals surface area (Å²) in [4.78, 5) is 36.0. The van der Waals surface area contributed by atoms with Crippen molar-refractivity contribution in [3.05, 3.63) is 46.6 Å². The highest BCUT2D eigenvalue weighted by atomic mass is 16.4. The van der Waals surface area contributed by atoms with Crippen LogP contribution in [0.2, 0.25) is 0 Å². The lowest BCUT2D eigenvalue weighted by molar-refractivity contribution is -0.140. The third-order valence-corrected chi connectivity index (χ3v) is 4.28. The molecule has 23 heavy (non-hydrogen) atoms. The van der Waals surface area contributed by atoms with Gasteiger partial charge in [0.25, 0.3) is 5.56 Å². The van der Waals surface area contributed by atoms with Crippen LogP contribution in [0.1, 0.15) is 31.1 Å². The van der Waals surface area contributed by atoms with E-state index in [1.165, 1.54) is 10.8 Å². The van der Waals surface area contributed by atoms with Crippen molar-refractivity contribution in [2.45, 2.75) is 25.3 Å². The van der Waals surface area contributed by atoms with Crippen molar-refractivity contribution in [3.63, 3.8) is 0 Å². The number of imidazole rings is 1. The Labute approximate surface area is 130 Å². The SMILES string of the molecule is C[C@@H]1C[C@@H](C(=O)O)n2c1ncc(-c1nc3ccccc3[nH]1)c2=O. The number of benzene rings is 1. The number of carboxylic acids is 1. The summed E-state index contributed by atoms with van der Waals surface area (Å²) in [5, 5.41) is 9.37. The zero-order valence-corrected chi connectivity index (χ0v) is 12.4. The van der Waals surface area contributed by atoms with Gasteiger partial charge in [0.2, 0.25) is 0 Å². The van der Waals surface area contributed by atoms with Gasteiger partial charge in [-0.25, -0.2) is 14.8 Å². The summed E-state index contributed by atoms with van der Waals surface area (Å²) in [6, 6.07) is 6.58. The van der Waals surface area contributed by atoms with Crippen molar-refractivity contribution < 1.29 is 9.90 Å². The number of hydrogen-bond donors (Lipinski definition) is 2. The van der Waals surface area contributed by atoms with E-state index in [0.29, 0.717) is 18.1 Å². The van der Waals surface area contributed by atoms with Crippen LogP contribution in [0.25, 0.3) is 22.4 Å². The van der Waals surface area contributed by atoms with Gasteiger partial charge in [-0.1, -0.05) is 19.1 Å². The maximum Gasteiger partial charge on any atom is 0.326 e. The van der Waals surface area contributed by atoms with E-state index in [1.54, 1.807) is 0 Å². The van der Waals surface area contributed by atoms with Gasteiger partial charge in [-0.05, 0) is 18.6 Å². The number of carboxylic acid groups (broad SMARTS) is 1. The van der Waals surface area contributed by atoms with Crippen LogP contribution < -0.4 is 5.56 Å². The molecule has 7 nitrogen and oxygen atoms in total. The van der Waals surface area contributed by atoms with Crippen LogP contribution >= 0.6 is 0 Å². The lowest BCUT2D eigenvalue weighted by atomic mass is 10.1. The Morgan fingerprint density at radius 1 is 1.39 bits per heavy atom. The van der Waals surface area contributed by atoms with E-state index in [1.807, 2.05) is 31.2 Å². The molecule has 2 atom stereocenters. The number of carbonyl (C=O) groups is 1. The van der Waals surface area contributed by atoms with Crippen molar-refractivity contribution in [2.75, 3.05) is 0 Å².